The molecule has 2 rings (SSSR count). The Morgan fingerprint density at radius 3 is 2.39 bits per heavy atom. The largest absolute Gasteiger partial charge is 0.383 e. The maximum absolute atomic E-state index is 5.96. The molecular weight excluding hydrogens is 226 g/mol. The van der Waals surface area contributed by atoms with Crippen molar-refractivity contribution in [1.82, 2.24) is 19.9 Å². The van der Waals surface area contributed by atoms with Gasteiger partial charge in [-0.2, -0.15) is 0 Å². The van der Waals surface area contributed by atoms with Gasteiger partial charge in [-0.1, -0.05) is 20.8 Å². The van der Waals surface area contributed by atoms with Crippen LogP contribution in [0.25, 0.3) is 11.4 Å². The molecule has 2 aromatic rings. The monoisotopic (exact) mass is 243 g/mol. The van der Waals surface area contributed by atoms with E-state index >= 15 is 0 Å². The van der Waals surface area contributed by atoms with Gasteiger partial charge in [0.2, 0.25) is 0 Å². The maximum atomic E-state index is 5.96. The lowest BCUT2D eigenvalue weighted by molar-refractivity contribution is 0.546. The Balaban J connectivity index is 2.64. The molecule has 0 saturated heterocycles. The van der Waals surface area contributed by atoms with Crippen LogP contribution in [0.5, 0.6) is 0 Å². The zero-order valence-electron chi connectivity index (χ0n) is 11.1. The van der Waals surface area contributed by atoms with Gasteiger partial charge < -0.3 is 5.73 Å². The van der Waals surface area contributed by atoms with Crippen molar-refractivity contribution in [3.8, 4) is 11.4 Å². The third kappa shape index (κ3) is 2.30. The predicted octanol–water partition coefficient (Wildman–Crippen LogP) is 2.12. The van der Waals surface area contributed by atoms with Crippen molar-refractivity contribution in [3.63, 3.8) is 0 Å². The van der Waals surface area contributed by atoms with Gasteiger partial charge in [0.05, 0.1) is 11.9 Å². The van der Waals surface area contributed by atoms with Gasteiger partial charge in [-0.3, -0.25) is 9.97 Å². The van der Waals surface area contributed by atoms with Gasteiger partial charge in [-0.25, -0.2) is 9.97 Å². The summed E-state index contributed by atoms with van der Waals surface area (Å²) in [5.74, 6) is 1.21. The Kier molecular flexibility index (Phi) is 2.98. The van der Waals surface area contributed by atoms with Crippen LogP contribution in [0.1, 0.15) is 32.2 Å². The van der Waals surface area contributed by atoms with E-state index < -0.39 is 0 Å². The zero-order valence-corrected chi connectivity index (χ0v) is 11.1. The predicted molar refractivity (Wildman–Crippen MR) is 70.9 cm³/mol. The third-order valence-electron chi connectivity index (χ3n) is 2.66. The van der Waals surface area contributed by atoms with Crippen LogP contribution in [-0.4, -0.2) is 19.9 Å². The molecule has 0 amide bonds. The van der Waals surface area contributed by atoms with Gasteiger partial charge in [0.1, 0.15) is 17.3 Å². The van der Waals surface area contributed by atoms with Crippen LogP contribution in [0.2, 0.25) is 0 Å². The third-order valence-corrected chi connectivity index (χ3v) is 2.66. The summed E-state index contributed by atoms with van der Waals surface area (Å²) in [4.78, 5) is 17.3. The summed E-state index contributed by atoms with van der Waals surface area (Å²) < 4.78 is 0. The summed E-state index contributed by atoms with van der Waals surface area (Å²) in [6.45, 7) is 8.05. The number of hydrogen-bond acceptors (Lipinski definition) is 5. The topological polar surface area (TPSA) is 77.6 Å². The molecule has 0 atom stereocenters. The minimum absolute atomic E-state index is 0.154. The Morgan fingerprint density at radius 1 is 1.11 bits per heavy atom. The fourth-order valence-corrected chi connectivity index (χ4v) is 1.54. The van der Waals surface area contributed by atoms with E-state index in [1.54, 1.807) is 18.6 Å². The van der Waals surface area contributed by atoms with E-state index in [1.807, 2.05) is 6.92 Å². The van der Waals surface area contributed by atoms with Gasteiger partial charge in [-0.15, -0.1) is 0 Å². The Morgan fingerprint density at radius 2 is 1.83 bits per heavy atom. The summed E-state index contributed by atoms with van der Waals surface area (Å²) in [6.07, 6.45) is 4.96. The molecule has 2 N–H and O–H groups in total. The van der Waals surface area contributed by atoms with E-state index in [0.717, 1.165) is 17.0 Å². The molecule has 0 unspecified atom stereocenters. The average Bonchev–Trinajstić information content (AvgIpc) is 2.32. The second-order valence-corrected chi connectivity index (χ2v) is 5.25. The van der Waals surface area contributed by atoms with Crippen LogP contribution in [0, 0.1) is 6.92 Å². The molecule has 0 aliphatic heterocycles. The molecule has 94 valence electrons. The SMILES string of the molecule is Cc1c(N)nc(C(C)(C)C)nc1-c1cnccn1. The summed E-state index contributed by atoms with van der Waals surface area (Å²) >= 11 is 0. The smallest absolute Gasteiger partial charge is 0.136 e. The molecule has 5 heteroatoms. The van der Waals surface area contributed by atoms with Crippen molar-refractivity contribution in [2.24, 2.45) is 0 Å². The van der Waals surface area contributed by atoms with Crippen LogP contribution in [0.15, 0.2) is 18.6 Å². The number of aromatic nitrogens is 4. The first-order valence-corrected chi connectivity index (χ1v) is 5.80. The van der Waals surface area contributed by atoms with Crippen molar-refractivity contribution < 1.29 is 0 Å². The Hall–Kier alpha value is -2.04. The molecule has 0 aliphatic rings. The first kappa shape index (κ1) is 12.4. The zero-order chi connectivity index (χ0) is 13.3. The van der Waals surface area contributed by atoms with Crippen LogP contribution in [0.4, 0.5) is 5.82 Å². The minimum Gasteiger partial charge on any atom is -0.383 e. The van der Waals surface area contributed by atoms with Gasteiger partial charge in [0.15, 0.2) is 0 Å². The molecule has 5 nitrogen and oxygen atoms in total. The number of nitrogen functional groups attached to an aromatic ring is 1. The van der Waals surface area contributed by atoms with E-state index in [-0.39, 0.29) is 5.41 Å². The minimum atomic E-state index is -0.154. The second kappa shape index (κ2) is 4.33. The molecule has 0 bridgehead atoms. The van der Waals surface area contributed by atoms with Gasteiger partial charge >= 0.3 is 0 Å². The number of nitrogens with zero attached hydrogens (tertiary/aromatic N) is 4. The molecule has 2 heterocycles. The molecule has 2 aromatic heterocycles. The van der Waals surface area contributed by atoms with E-state index in [9.17, 15) is 0 Å². The standard InChI is InChI=1S/C13H17N5/c1-8-10(9-7-15-5-6-16-9)17-12(13(2,3)4)18-11(8)14/h5-7H,1-4H3,(H2,14,17,18). The number of anilines is 1. The molecule has 0 fully saturated rings. The molecular formula is C13H17N5. The fourth-order valence-electron chi connectivity index (χ4n) is 1.54. The number of rotatable bonds is 1. The Bertz CT molecular complexity index is 558. The average molecular weight is 243 g/mol. The number of hydrogen-bond donors (Lipinski definition) is 1. The van der Waals surface area contributed by atoms with E-state index in [2.05, 4.69) is 40.7 Å². The van der Waals surface area contributed by atoms with Crippen LogP contribution in [-0.2, 0) is 5.41 Å². The highest BCUT2D eigenvalue weighted by Crippen LogP contribution is 2.26. The van der Waals surface area contributed by atoms with Crippen molar-refractivity contribution in [2.45, 2.75) is 33.1 Å². The van der Waals surface area contributed by atoms with Crippen molar-refractivity contribution >= 4 is 5.82 Å². The van der Waals surface area contributed by atoms with Crippen molar-refractivity contribution in [2.75, 3.05) is 5.73 Å². The molecule has 0 saturated carbocycles. The lowest BCUT2D eigenvalue weighted by atomic mass is 9.95. The van der Waals surface area contributed by atoms with Crippen molar-refractivity contribution in [3.05, 3.63) is 30.0 Å². The summed E-state index contributed by atoms with van der Waals surface area (Å²) in [6, 6.07) is 0. The fraction of sp³-hybridized carbons (Fsp3) is 0.385. The normalized spacial score (nSPS) is 11.6. The highest BCUT2D eigenvalue weighted by molar-refractivity contribution is 5.63. The molecule has 0 aromatic carbocycles. The molecule has 0 spiro atoms. The van der Waals surface area contributed by atoms with Crippen LogP contribution >= 0.6 is 0 Å². The maximum Gasteiger partial charge on any atom is 0.136 e. The summed E-state index contributed by atoms with van der Waals surface area (Å²) in [7, 11) is 0. The quantitative estimate of drug-likeness (QED) is 0.830. The van der Waals surface area contributed by atoms with Crippen LogP contribution in [0.3, 0.4) is 0 Å². The van der Waals surface area contributed by atoms with Gasteiger partial charge in [-0.05, 0) is 6.92 Å². The highest BCUT2D eigenvalue weighted by atomic mass is 15.0. The lowest BCUT2D eigenvalue weighted by Gasteiger charge is -2.19. The molecule has 18 heavy (non-hydrogen) atoms. The molecule has 0 radical (unpaired) electrons. The lowest BCUT2D eigenvalue weighted by Crippen LogP contribution is -2.18. The highest BCUT2D eigenvalue weighted by Gasteiger charge is 2.21. The van der Waals surface area contributed by atoms with E-state index in [4.69, 9.17) is 5.73 Å². The van der Waals surface area contributed by atoms with Gasteiger partial charge in [0.25, 0.3) is 0 Å². The Labute approximate surface area is 107 Å². The van der Waals surface area contributed by atoms with Gasteiger partial charge in [0, 0.05) is 23.4 Å². The van der Waals surface area contributed by atoms with E-state index in [1.165, 1.54) is 0 Å². The van der Waals surface area contributed by atoms with Crippen LogP contribution < -0.4 is 5.73 Å². The van der Waals surface area contributed by atoms with E-state index in [0.29, 0.717) is 11.6 Å². The summed E-state index contributed by atoms with van der Waals surface area (Å²) in [5, 5.41) is 0. The molecule has 0 aliphatic carbocycles. The first-order chi connectivity index (χ1) is 8.39. The van der Waals surface area contributed by atoms with Crippen molar-refractivity contribution in [1.29, 1.82) is 0 Å². The summed E-state index contributed by atoms with van der Waals surface area (Å²) in [5.41, 5.74) is 8.11. The second-order valence-electron chi connectivity index (χ2n) is 5.25. The first-order valence-electron chi connectivity index (χ1n) is 5.80. The number of nitrogens with two attached hydrogens (primary N) is 1.